The normalized spacial score (nSPS) is 9.88. The molecule has 0 bridgehead atoms. The van der Waals surface area contributed by atoms with Gasteiger partial charge in [-0.25, -0.2) is 9.87 Å². The molecule has 5 heteroatoms. The van der Waals surface area contributed by atoms with E-state index >= 15 is 0 Å². The SMILES string of the molecule is CCONC(=O)CCOc1ccccc1F. The maximum atomic E-state index is 13.1. The second kappa shape index (κ2) is 6.79. The van der Waals surface area contributed by atoms with Crippen LogP contribution in [0.15, 0.2) is 24.3 Å². The van der Waals surface area contributed by atoms with E-state index in [0.29, 0.717) is 6.61 Å². The first-order chi connectivity index (χ1) is 7.74. The van der Waals surface area contributed by atoms with Crippen LogP contribution < -0.4 is 10.2 Å². The Labute approximate surface area is 93.3 Å². The first-order valence-corrected chi connectivity index (χ1v) is 5.02. The minimum Gasteiger partial charge on any atom is -0.490 e. The number of ether oxygens (including phenoxy) is 1. The fourth-order valence-electron chi connectivity index (χ4n) is 1.02. The first-order valence-electron chi connectivity index (χ1n) is 5.02. The largest absolute Gasteiger partial charge is 0.490 e. The number of rotatable bonds is 6. The summed E-state index contributed by atoms with van der Waals surface area (Å²) in [5.74, 6) is -0.586. The summed E-state index contributed by atoms with van der Waals surface area (Å²) in [6, 6.07) is 6.05. The maximum absolute atomic E-state index is 13.1. The predicted octanol–water partition coefficient (Wildman–Crippen LogP) is 1.66. The van der Waals surface area contributed by atoms with Gasteiger partial charge in [0.1, 0.15) is 0 Å². The van der Waals surface area contributed by atoms with Crippen molar-refractivity contribution in [3.05, 3.63) is 30.1 Å². The van der Waals surface area contributed by atoms with Crippen molar-refractivity contribution in [2.24, 2.45) is 0 Å². The average Bonchev–Trinajstić information content (AvgIpc) is 2.29. The summed E-state index contributed by atoms with van der Waals surface area (Å²) in [5, 5.41) is 0. The van der Waals surface area contributed by atoms with Gasteiger partial charge in [-0.2, -0.15) is 0 Å². The zero-order valence-corrected chi connectivity index (χ0v) is 9.03. The molecule has 16 heavy (non-hydrogen) atoms. The smallest absolute Gasteiger partial charge is 0.246 e. The zero-order chi connectivity index (χ0) is 11.8. The van der Waals surface area contributed by atoms with Crippen molar-refractivity contribution in [3.8, 4) is 5.75 Å². The molecule has 88 valence electrons. The number of carbonyl (C=O) groups excluding carboxylic acids is 1. The van der Waals surface area contributed by atoms with E-state index in [1.807, 2.05) is 0 Å². The Balaban J connectivity index is 2.25. The molecular formula is C11H14FNO3. The highest BCUT2D eigenvalue weighted by atomic mass is 19.1. The molecule has 0 saturated heterocycles. The molecule has 0 atom stereocenters. The summed E-state index contributed by atoms with van der Waals surface area (Å²) >= 11 is 0. The lowest BCUT2D eigenvalue weighted by Crippen LogP contribution is -2.25. The van der Waals surface area contributed by atoms with Crippen molar-refractivity contribution in [2.75, 3.05) is 13.2 Å². The van der Waals surface area contributed by atoms with Crippen LogP contribution in [0.2, 0.25) is 0 Å². The average molecular weight is 227 g/mol. The van der Waals surface area contributed by atoms with Gasteiger partial charge in [-0.1, -0.05) is 12.1 Å². The van der Waals surface area contributed by atoms with Crippen molar-refractivity contribution < 1.29 is 18.8 Å². The van der Waals surface area contributed by atoms with Crippen LogP contribution in [0.3, 0.4) is 0 Å². The van der Waals surface area contributed by atoms with Gasteiger partial charge in [-0.05, 0) is 19.1 Å². The Morgan fingerprint density at radius 2 is 2.19 bits per heavy atom. The zero-order valence-electron chi connectivity index (χ0n) is 9.03. The number of benzene rings is 1. The second-order valence-corrected chi connectivity index (χ2v) is 2.99. The number of nitrogens with one attached hydrogen (secondary N) is 1. The molecule has 1 aromatic carbocycles. The molecule has 0 spiro atoms. The van der Waals surface area contributed by atoms with E-state index in [1.165, 1.54) is 12.1 Å². The highest BCUT2D eigenvalue weighted by molar-refractivity contribution is 5.74. The molecule has 0 fully saturated rings. The van der Waals surface area contributed by atoms with E-state index in [4.69, 9.17) is 9.57 Å². The van der Waals surface area contributed by atoms with E-state index in [1.54, 1.807) is 19.1 Å². The third-order valence-corrected chi connectivity index (χ3v) is 1.75. The Hall–Kier alpha value is -1.62. The first kappa shape index (κ1) is 12.4. The lowest BCUT2D eigenvalue weighted by molar-refractivity contribution is -0.133. The van der Waals surface area contributed by atoms with Crippen LogP contribution in [0.25, 0.3) is 0 Å². The number of para-hydroxylation sites is 1. The van der Waals surface area contributed by atoms with Crippen molar-refractivity contribution in [3.63, 3.8) is 0 Å². The van der Waals surface area contributed by atoms with Crippen LogP contribution >= 0.6 is 0 Å². The number of halogens is 1. The fourth-order valence-corrected chi connectivity index (χ4v) is 1.02. The van der Waals surface area contributed by atoms with Gasteiger partial charge in [-0.3, -0.25) is 9.63 Å². The van der Waals surface area contributed by atoms with Gasteiger partial charge in [0.15, 0.2) is 11.6 Å². The Morgan fingerprint density at radius 3 is 2.88 bits per heavy atom. The van der Waals surface area contributed by atoms with Crippen molar-refractivity contribution in [1.82, 2.24) is 5.48 Å². The molecule has 0 aromatic heterocycles. The maximum Gasteiger partial charge on any atom is 0.246 e. The van der Waals surface area contributed by atoms with Crippen molar-refractivity contribution in [2.45, 2.75) is 13.3 Å². The number of amides is 1. The van der Waals surface area contributed by atoms with Gasteiger partial charge in [0, 0.05) is 0 Å². The lowest BCUT2D eigenvalue weighted by Gasteiger charge is -2.07. The summed E-state index contributed by atoms with van der Waals surface area (Å²) in [4.78, 5) is 15.8. The van der Waals surface area contributed by atoms with Gasteiger partial charge in [0.25, 0.3) is 0 Å². The molecule has 1 aromatic rings. The number of hydroxylamine groups is 1. The molecule has 0 aliphatic rings. The van der Waals surface area contributed by atoms with Gasteiger partial charge < -0.3 is 4.74 Å². The van der Waals surface area contributed by atoms with Crippen LogP contribution in [0.4, 0.5) is 4.39 Å². The summed E-state index contributed by atoms with van der Waals surface area (Å²) in [6.45, 7) is 2.27. The summed E-state index contributed by atoms with van der Waals surface area (Å²) < 4.78 is 18.2. The van der Waals surface area contributed by atoms with Crippen LogP contribution in [0.1, 0.15) is 13.3 Å². The molecule has 0 aliphatic carbocycles. The topological polar surface area (TPSA) is 47.6 Å². The van der Waals surface area contributed by atoms with Crippen molar-refractivity contribution >= 4 is 5.91 Å². The molecule has 0 aliphatic heterocycles. The van der Waals surface area contributed by atoms with Gasteiger partial charge in [-0.15, -0.1) is 0 Å². The summed E-state index contributed by atoms with van der Waals surface area (Å²) in [7, 11) is 0. The molecule has 4 nitrogen and oxygen atoms in total. The summed E-state index contributed by atoms with van der Waals surface area (Å²) in [6.07, 6.45) is 0.119. The van der Waals surface area contributed by atoms with Gasteiger partial charge >= 0.3 is 0 Å². The van der Waals surface area contributed by atoms with E-state index < -0.39 is 5.82 Å². The Kier molecular flexibility index (Phi) is 5.28. The lowest BCUT2D eigenvalue weighted by atomic mass is 10.3. The molecule has 1 N–H and O–H groups in total. The Bertz CT molecular complexity index is 344. The third kappa shape index (κ3) is 4.27. The van der Waals surface area contributed by atoms with E-state index in [-0.39, 0.29) is 24.7 Å². The van der Waals surface area contributed by atoms with Crippen LogP contribution in [-0.4, -0.2) is 19.1 Å². The van der Waals surface area contributed by atoms with Crippen LogP contribution in [0.5, 0.6) is 5.75 Å². The molecule has 1 amide bonds. The minimum absolute atomic E-state index is 0.111. The predicted molar refractivity (Wildman–Crippen MR) is 56.3 cm³/mol. The molecule has 1 rings (SSSR count). The molecular weight excluding hydrogens is 213 g/mol. The summed E-state index contributed by atoms with van der Waals surface area (Å²) in [5.41, 5.74) is 2.22. The van der Waals surface area contributed by atoms with Crippen molar-refractivity contribution in [1.29, 1.82) is 0 Å². The van der Waals surface area contributed by atoms with Crippen LogP contribution in [-0.2, 0) is 9.63 Å². The van der Waals surface area contributed by atoms with Gasteiger partial charge in [0.2, 0.25) is 5.91 Å². The van der Waals surface area contributed by atoms with E-state index in [2.05, 4.69) is 5.48 Å². The molecule has 0 saturated carbocycles. The van der Waals surface area contributed by atoms with E-state index in [9.17, 15) is 9.18 Å². The minimum atomic E-state index is -0.437. The highest BCUT2D eigenvalue weighted by Crippen LogP contribution is 2.15. The number of hydrogen-bond donors (Lipinski definition) is 1. The van der Waals surface area contributed by atoms with E-state index in [0.717, 1.165) is 0 Å². The molecule has 0 unspecified atom stereocenters. The van der Waals surface area contributed by atoms with Crippen LogP contribution in [0, 0.1) is 5.82 Å². The molecule has 0 heterocycles. The standard InChI is InChI=1S/C11H14FNO3/c1-2-16-13-11(14)7-8-15-10-6-4-3-5-9(10)12/h3-6H,2,7-8H2,1H3,(H,13,14). The second-order valence-electron chi connectivity index (χ2n) is 2.99. The number of carbonyl (C=O) groups is 1. The quantitative estimate of drug-likeness (QED) is 0.752. The Morgan fingerprint density at radius 1 is 1.44 bits per heavy atom. The van der Waals surface area contributed by atoms with Gasteiger partial charge in [0.05, 0.1) is 19.6 Å². The highest BCUT2D eigenvalue weighted by Gasteiger charge is 2.04. The third-order valence-electron chi connectivity index (χ3n) is 1.75. The molecule has 0 radical (unpaired) electrons. The monoisotopic (exact) mass is 227 g/mol. The number of hydrogen-bond acceptors (Lipinski definition) is 3. The fraction of sp³-hybridized carbons (Fsp3) is 0.364.